The summed E-state index contributed by atoms with van der Waals surface area (Å²) in [5, 5.41) is 3.72. The van der Waals surface area contributed by atoms with Crippen LogP contribution in [0, 0.1) is 6.92 Å². The summed E-state index contributed by atoms with van der Waals surface area (Å²) in [6, 6.07) is 3.19. The van der Waals surface area contributed by atoms with E-state index in [2.05, 4.69) is 10.3 Å². The summed E-state index contributed by atoms with van der Waals surface area (Å²) in [5.74, 6) is 0.614. The van der Waals surface area contributed by atoms with Gasteiger partial charge in [-0.1, -0.05) is 0 Å². The van der Waals surface area contributed by atoms with E-state index in [0.717, 1.165) is 9.88 Å². The van der Waals surface area contributed by atoms with Gasteiger partial charge in [0.15, 0.2) is 5.76 Å². The molecule has 0 aromatic carbocycles. The lowest BCUT2D eigenvalue weighted by Crippen LogP contribution is -2.26. The third kappa shape index (κ3) is 2.77. The van der Waals surface area contributed by atoms with Crippen LogP contribution in [-0.2, 0) is 6.54 Å². The number of nitrogens with one attached hydrogen (secondary N) is 1. The molecule has 2 heterocycles. The van der Waals surface area contributed by atoms with Crippen LogP contribution in [0.1, 0.15) is 39.2 Å². The van der Waals surface area contributed by atoms with Crippen LogP contribution in [0.4, 0.5) is 0 Å². The van der Waals surface area contributed by atoms with Crippen molar-refractivity contribution in [1.82, 2.24) is 10.3 Å². The smallest absolute Gasteiger partial charge is 0.287 e. The van der Waals surface area contributed by atoms with E-state index in [1.54, 1.807) is 29.7 Å². The van der Waals surface area contributed by atoms with E-state index < -0.39 is 0 Å². The summed E-state index contributed by atoms with van der Waals surface area (Å²) in [5.41, 5.74) is 5.42. The zero-order valence-electron chi connectivity index (χ0n) is 10.3. The quantitative estimate of drug-likeness (QED) is 0.885. The minimum absolute atomic E-state index is 0.136. The van der Waals surface area contributed by atoms with Crippen molar-refractivity contribution in [2.24, 2.45) is 5.73 Å². The topological polar surface area (TPSA) is 81.2 Å². The Labute approximate surface area is 109 Å². The number of amides is 1. The molecule has 0 aliphatic heterocycles. The van der Waals surface area contributed by atoms with Crippen molar-refractivity contribution in [2.75, 3.05) is 0 Å². The maximum atomic E-state index is 11.9. The standard InChI is InChI=1S/C12H15N3O2S/c1-7-6-14-12(18-7)8(2)15-11(16)10-4-3-9(5-13)17-10/h3-4,6,8H,5,13H2,1-2H3,(H,15,16). The third-order valence-electron chi connectivity index (χ3n) is 2.44. The van der Waals surface area contributed by atoms with Gasteiger partial charge in [-0.25, -0.2) is 4.98 Å². The SMILES string of the molecule is Cc1cnc(C(C)NC(=O)c2ccc(CN)o2)s1. The van der Waals surface area contributed by atoms with E-state index in [-0.39, 0.29) is 24.3 Å². The predicted octanol–water partition coefficient (Wildman–Crippen LogP) is 1.99. The minimum atomic E-state index is -0.255. The van der Waals surface area contributed by atoms with Crippen molar-refractivity contribution in [3.8, 4) is 0 Å². The number of carbonyl (C=O) groups is 1. The number of nitrogens with zero attached hydrogens (tertiary/aromatic N) is 1. The highest BCUT2D eigenvalue weighted by atomic mass is 32.1. The highest BCUT2D eigenvalue weighted by Gasteiger charge is 2.16. The molecule has 0 saturated heterocycles. The second-order valence-corrected chi connectivity index (χ2v) is 5.24. The molecule has 0 saturated carbocycles. The first-order chi connectivity index (χ1) is 8.60. The summed E-state index contributed by atoms with van der Waals surface area (Å²) < 4.78 is 5.28. The van der Waals surface area contributed by atoms with Crippen molar-refractivity contribution >= 4 is 17.2 Å². The maximum absolute atomic E-state index is 11.9. The second kappa shape index (κ2) is 5.32. The highest BCUT2D eigenvalue weighted by Crippen LogP contribution is 2.19. The number of thiazole rings is 1. The van der Waals surface area contributed by atoms with Crippen LogP contribution in [-0.4, -0.2) is 10.9 Å². The number of furan rings is 1. The van der Waals surface area contributed by atoms with Crippen LogP contribution in [0.5, 0.6) is 0 Å². The Hall–Kier alpha value is -1.66. The molecule has 18 heavy (non-hydrogen) atoms. The van der Waals surface area contributed by atoms with Gasteiger partial charge in [0.25, 0.3) is 5.91 Å². The van der Waals surface area contributed by atoms with Crippen molar-refractivity contribution in [3.63, 3.8) is 0 Å². The monoisotopic (exact) mass is 265 g/mol. The molecular formula is C12H15N3O2S. The number of hydrogen-bond donors (Lipinski definition) is 2. The van der Waals surface area contributed by atoms with Crippen molar-refractivity contribution in [2.45, 2.75) is 26.4 Å². The lowest BCUT2D eigenvalue weighted by Gasteiger charge is -2.09. The molecule has 0 aliphatic rings. The lowest BCUT2D eigenvalue weighted by molar-refractivity contribution is 0.0910. The molecule has 2 aromatic rings. The van der Waals surface area contributed by atoms with E-state index in [9.17, 15) is 4.79 Å². The van der Waals surface area contributed by atoms with Crippen molar-refractivity contribution < 1.29 is 9.21 Å². The number of carbonyl (C=O) groups excluding carboxylic acids is 1. The van der Waals surface area contributed by atoms with E-state index in [1.807, 2.05) is 13.8 Å². The Kier molecular flexibility index (Phi) is 3.78. The first-order valence-corrected chi connectivity index (χ1v) is 6.43. The zero-order chi connectivity index (χ0) is 13.1. The average molecular weight is 265 g/mol. The van der Waals surface area contributed by atoms with Crippen molar-refractivity contribution in [3.05, 3.63) is 39.7 Å². The van der Waals surface area contributed by atoms with Crippen molar-refractivity contribution in [1.29, 1.82) is 0 Å². The average Bonchev–Trinajstić information content (AvgIpc) is 2.97. The molecule has 1 atom stereocenters. The van der Waals surface area contributed by atoms with Gasteiger partial charge in [0.2, 0.25) is 0 Å². The van der Waals surface area contributed by atoms with Gasteiger partial charge in [0.1, 0.15) is 10.8 Å². The predicted molar refractivity (Wildman–Crippen MR) is 69.3 cm³/mol. The van der Waals surface area contributed by atoms with Crippen LogP contribution in [0.15, 0.2) is 22.7 Å². The molecule has 2 rings (SSSR count). The third-order valence-corrected chi connectivity index (χ3v) is 3.54. The van der Waals surface area contributed by atoms with Crippen LogP contribution >= 0.6 is 11.3 Å². The van der Waals surface area contributed by atoms with Gasteiger partial charge in [-0.2, -0.15) is 0 Å². The maximum Gasteiger partial charge on any atom is 0.287 e. The summed E-state index contributed by atoms with van der Waals surface area (Å²) >= 11 is 1.57. The van der Waals surface area contributed by atoms with Gasteiger partial charge in [0, 0.05) is 11.1 Å². The molecule has 2 aromatic heterocycles. The highest BCUT2D eigenvalue weighted by molar-refractivity contribution is 7.11. The summed E-state index contributed by atoms with van der Waals surface area (Å²) in [4.78, 5) is 17.3. The van der Waals surface area contributed by atoms with E-state index in [4.69, 9.17) is 10.2 Å². The molecule has 0 fully saturated rings. The van der Waals surface area contributed by atoms with Gasteiger partial charge < -0.3 is 15.5 Å². The van der Waals surface area contributed by atoms with Crippen LogP contribution in [0.25, 0.3) is 0 Å². The lowest BCUT2D eigenvalue weighted by atomic mass is 10.3. The van der Waals surface area contributed by atoms with E-state index >= 15 is 0 Å². The zero-order valence-corrected chi connectivity index (χ0v) is 11.1. The fraction of sp³-hybridized carbons (Fsp3) is 0.333. The number of aryl methyl sites for hydroxylation is 1. The van der Waals surface area contributed by atoms with Gasteiger partial charge in [0.05, 0.1) is 12.6 Å². The van der Waals surface area contributed by atoms with Gasteiger partial charge in [-0.15, -0.1) is 11.3 Å². The normalized spacial score (nSPS) is 12.4. The van der Waals surface area contributed by atoms with Gasteiger partial charge in [-0.3, -0.25) is 4.79 Å². The van der Waals surface area contributed by atoms with Crippen LogP contribution in [0.3, 0.4) is 0 Å². The Morgan fingerprint density at radius 2 is 2.39 bits per heavy atom. The second-order valence-electron chi connectivity index (χ2n) is 3.97. The Bertz CT molecular complexity index is 547. The molecule has 1 amide bonds. The molecular weight excluding hydrogens is 250 g/mol. The molecule has 1 unspecified atom stereocenters. The first-order valence-electron chi connectivity index (χ1n) is 5.62. The summed E-state index contributed by atoms with van der Waals surface area (Å²) in [7, 11) is 0. The number of rotatable bonds is 4. The Morgan fingerprint density at radius 1 is 1.61 bits per heavy atom. The fourth-order valence-electron chi connectivity index (χ4n) is 1.51. The van der Waals surface area contributed by atoms with E-state index in [1.165, 1.54) is 0 Å². The van der Waals surface area contributed by atoms with Gasteiger partial charge >= 0.3 is 0 Å². The molecule has 3 N–H and O–H groups in total. The number of hydrogen-bond acceptors (Lipinski definition) is 5. The summed E-state index contributed by atoms with van der Waals surface area (Å²) in [6.45, 7) is 4.16. The van der Waals surface area contributed by atoms with Gasteiger partial charge in [-0.05, 0) is 26.0 Å². The first kappa shape index (κ1) is 12.8. The Morgan fingerprint density at radius 3 is 2.94 bits per heavy atom. The number of nitrogens with two attached hydrogens (primary N) is 1. The molecule has 96 valence electrons. The number of aromatic nitrogens is 1. The minimum Gasteiger partial charge on any atom is -0.455 e. The summed E-state index contributed by atoms with van der Waals surface area (Å²) in [6.07, 6.45) is 1.79. The molecule has 5 nitrogen and oxygen atoms in total. The Balaban J connectivity index is 2.02. The molecule has 0 spiro atoms. The molecule has 0 radical (unpaired) electrons. The molecule has 6 heteroatoms. The van der Waals surface area contributed by atoms with Crippen LogP contribution in [0.2, 0.25) is 0 Å². The fourth-order valence-corrected chi connectivity index (χ4v) is 2.29. The van der Waals surface area contributed by atoms with Crippen LogP contribution < -0.4 is 11.1 Å². The molecule has 0 aliphatic carbocycles. The molecule has 0 bridgehead atoms. The largest absolute Gasteiger partial charge is 0.455 e. The van der Waals surface area contributed by atoms with E-state index in [0.29, 0.717) is 5.76 Å².